The van der Waals surface area contributed by atoms with Crippen molar-refractivity contribution < 1.29 is 199 Å². The summed E-state index contributed by atoms with van der Waals surface area (Å²) >= 11 is 2.03. The van der Waals surface area contributed by atoms with E-state index in [9.17, 15) is 72.1 Å². The van der Waals surface area contributed by atoms with E-state index in [1.54, 1.807) is 41.5 Å². The standard InChI is InChI=1S/C7H15BO8P2.C6H12B2O8P2.C6H13BO8P2Se.3C6H12BO6P.CH4/c1-4-6(9)5(15-7(4)8)3-14-17(2,10)16-18(11,12)13;1-3-5(9)4(15-6(3)7)2-14-17(8,10)16-18(11,12)13;1-3-5(8)4(14-6(3)7)2-13-17(12,18)15-16(9,10)11;3*1-3-5(8)4(13-6(3)7)2-12-14(9,10)11;/h4-7,9H,3H2,1-2H3,(H2,11,12,13);3-6,9H,2H2,1H3,(H2,11,12,13);3-6,8H,2H2,1H3,(H,12,18)(H2,9,10,11);3*3-6,8H,2H2,1H3,(H2,9,10,11);1H4/t4-,5-,6+,7-,17?;2*3-,4-,5+,6-,17?;3*3-,4-,5+,6-;/m111111./s1. The van der Waals surface area contributed by atoms with E-state index in [1.807, 2.05) is 15.1 Å². The van der Waals surface area contributed by atoms with Crippen molar-refractivity contribution in [3.8, 4) is 0 Å². The van der Waals surface area contributed by atoms with Crippen LogP contribution in [-0.2, 0) is 105 Å². The van der Waals surface area contributed by atoms with Crippen LogP contribution in [-0.4, -0.2) is 320 Å². The molecule has 6 aliphatic heterocycles. The molecule has 3 unspecified atom stereocenters. The first-order valence-electron chi connectivity index (χ1n) is 27.2. The van der Waals surface area contributed by atoms with Gasteiger partial charge in [0.25, 0.3) is 7.47 Å². The van der Waals surface area contributed by atoms with Crippen LogP contribution in [0.4, 0.5) is 0 Å². The van der Waals surface area contributed by atoms with Crippen LogP contribution in [0.3, 0.4) is 0 Å². The third-order valence-corrected chi connectivity index (χ3v) is 24.3. The summed E-state index contributed by atoms with van der Waals surface area (Å²) in [5, 5.41) is 57.5. The van der Waals surface area contributed by atoms with Gasteiger partial charge in [-0.1, -0.05) is 42.0 Å². The van der Waals surface area contributed by atoms with Crippen LogP contribution >= 0.6 is 68.2 Å². The third kappa shape index (κ3) is 39.0. The van der Waals surface area contributed by atoms with E-state index in [4.69, 9.17) is 151 Å². The van der Waals surface area contributed by atoms with Gasteiger partial charge in [-0.25, -0.2) is 31.4 Å². The molecule has 0 bridgehead atoms. The van der Waals surface area contributed by atoms with Crippen molar-refractivity contribution in [1.29, 1.82) is 0 Å². The molecule has 14 radical (unpaired) electrons. The fraction of sp³-hybridized carbons (Fsp3) is 1.00. The van der Waals surface area contributed by atoms with Gasteiger partial charge in [0.1, 0.15) is 69.8 Å². The van der Waals surface area contributed by atoms with Crippen LogP contribution in [0.1, 0.15) is 49.0 Å². The van der Waals surface area contributed by atoms with Crippen molar-refractivity contribution in [2.24, 2.45) is 35.5 Å². The second-order valence-corrected chi connectivity index (χ2v) is 37.5. The van der Waals surface area contributed by atoms with Gasteiger partial charge in [0.2, 0.25) is 7.57 Å². The van der Waals surface area contributed by atoms with Gasteiger partial charge in [-0.15, -0.1) is 0 Å². The second-order valence-electron chi connectivity index (χ2n) is 21.7. The van der Waals surface area contributed by atoms with E-state index in [0.717, 1.165) is 6.66 Å². The zero-order valence-electron chi connectivity index (χ0n) is 51.5. The quantitative estimate of drug-likeness (QED) is 0.0320. The number of phosphoric ester groups is 3. The SMILES string of the molecule is C.[B][C@@H]1O[C@H](COP(=O)(O)O)[C@@H](O)[C@H]1C.[B][C@@H]1O[C@H](COP(=O)(O)O)[C@@H](O)[C@H]1C.[B][C@@H]1O[C@H](COP(=O)(O)O)[C@@H](O)[C@H]1C.[B][C@@H]1O[C@H](COP(C)(=O)OP(=O)(O)O)[C@@H](O)[C@H]1C.[B][C@@H]1O[C@H](COP(O)(=[Se])OP(=O)(O)O)[C@@H](O)[C@H]1C.[B][C@@H]1O[C@H](COP([B])(=O)OP(=O)(O)O)[C@@H](O)[C@H]1C. The first-order chi connectivity index (χ1) is 43.0. The van der Waals surface area contributed by atoms with Crippen molar-refractivity contribution in [2.75, 3.05) is 46.3 Å². The van der Waals surface area contributed by atoms with E-state index < -0.39 is 184 Å². The van der Waals surface area contributed by atoms with Crippen molar-refractivity contribution >= 4 is 138 Å². The third-order valence-electron chi connectivity index (χ3n) is 13.8. The number of ether oxygens (including phenoxy) is 6. The summed E-state index contributed by atoms with van der Waals surface area (Å²) in [7, 11) is 1.23. The molecule has 0 aromatic heterocycles. The Hall–Kier alpha value is 1.88. The Morgan fingerprint density at radius 1 is 0.320 bits per heavy atom. The van der Waals surface area contributed by atoms with Crippen molar-refractivity contribution in [3.05, 3.63) is 0 Å². The van der Waals surface area contributed by atoms with E-state index >= 15 is 0 Å². The zero-order valence-corrected chi connectivity index (χ0v) is 61.2. The maximum atomic E-state index is 11.6. The Bertz CT molecular complexity index is 2540. The van der Waals surface area contributed by atoms with Gasteiger partial charge < -0.3 is 107 Å². The Balaban J connectivity index is 0.00000114. The molecule has 0 amide bonds. The van der Waals surface area contributed by atoms with Gasteiger partial charge in [0.15, 0.2) is 0 Å². The predicted octanol–water partition coefficient (Wildman–Crippen LogP) is -4.46. The van der Waals surface area contributed by atoms with E-state index in [2.05, 4.69) is 31.0 Å². The maximum Gasteiger partial charge on any atom is 0.476 e. The van der Waals surface area contributed by atoms with E-state index in [-0.39, 0.29) is 76.0 Å². The number of rotatable bonds is 24. The van der Waals surface area contributed by atoms with Crippen LogP contribution in [0.25, 0.3) is 0 Å². The molecule has 42 nitrogen and oxygen atoms in total. The predicted molar refractivity (Wildman–Crippen MR) is 337 cm³/mol. The number of hydrogen-bond acceptors (Lipinski definition) is 30. The molecule has 6 saturated heterocycles. The fourth-order valence-corrected chi connectivity index (χ4v) is 16.6. The van der Waals surface area contributed by atoms with Gasteiger partial charge >= 0.3 is 159 Å². The first kappa shape index (κ1) is 98.9. The molecule has 6 heterocycles. The second kappa shape index (κ2) is 41.4. The molecule has 97 heavy (non-hydrogen) atoms. The molecule has 6 fully saturated rings. The summed E-state index contributed by atoms with van der Waals surface area (Å²) in [5.74, 6) is -1.83. The topological polar surface area (TPSA) is 659 Å². The molecule has 0 aromatic rings. The minimum absolute atomic E-state index is 0. The molecule has 6 rings (SSSR count). The van der Waals surface area contributed by atoms with Crippen LogP contribution in [0.15, 0.2) is 0 Å². The summed E-state index contributed by atoms with van der Waals surface area (Å²) in [6.07, 6.45) is -14.0. The molecular weight excluding hydrogens is 1560 g/mol. The molecule has 59 heteroatoms. The Morgan fingerprint density at radius 3 is 0.680 bits per heavy atom. The smallest absolute Gasteiger partial charge is 0.390 e. The van der Waals surface area contributed by atoms with Gasteiger partial charge in [-0.05, 0) is 0 Å². The Kier molecular flexibility index (Phi) is 42.3. The Labute approximate surface area is 574 Å². The zero-order chi connectivity index (χ0) is 75.2. The van der Waals surface area contributed by atoms with Gasteiger partial charge in [-0.2, -0.15) is 0 Å². The van der Waals surface area contributed by atoms with Crippen LogP contribution in [0.2, 0.25) is 0 Å². The number of phosphoric acid groups is 6. The fourth-order valence-electron chi connectivity index (χ4n) is 8.07. The normalized spacial score (nSPS) is 37.1. The Morgan fingerprint density at radius 2 is 0.505 bits per heavy atom. The van der Waals surface area contributed by atoms with Crippen LogP contribution in [0, 0.1) is 35.5 Å². The molecule has 556 valence electrons. The van der Waals surface area contributed by atoms with Gasteiger partial charge in [0, 0.05) is 66.3 Å². The van der Waals surface area contributed by atoms with Crippen LogP contribution < -0.4 is 0 Å². The number of hydrogen-bond donors (Lipinski definition) is 19. The van der Waals surface area contributed by atoms with Crippen molar-refractivity contribution in [2.45, 2.75) is 158 Å². The average Bonchev–Trinajstić information content (AvgIpc) is 1.74. The minimum atomic E-state index is -5.03. The summed E-state index contributed by atoms with van der Waals surface area (Å²) in [5.41, 5.74) is 0. The molecule has 0 aliphatic carbocycles. The van der Waals surface area contributed by atoms with Gasteiger partial charge in [-0.3, -0.25) is 22.7 Å². The van der Waals surface area contributed by atoms with Gasteiger partial charge in [0.05, 0.1) is 63.6 Å². The molecule has 27 atom stereocenters. The number of aliphatic hydroxyl groups is 6. The summed E-state index contributed by atoms with van der Waals surface area (Å²) < 4.78 is 155. The minimum Gasteiger partial charge on any atom is -0.390 e. The molecule has 19 N–H and O–H groups in total. The summed E-state index contributed by atoms with van der Waals surface area (Å²) in [6.45, 7) is 8.74. The molecule has 0 spiro atoms. The summed E-state index contributed by atoms with van der Waals surface area (Å²) in [6, 6.07) is -3.94. The largest absolute Gasteiger partial charge is 0.476 e. The molecule has 0 saturated carbocycles. The van der Waals surface area contributed by atoms with E-state index in [1.165, 1.54) is 0 Å². The number of aliphatic hydroxyl groups excluding tert-OH is 6. The molecule has 0 aromatic carbocycles. The van der Waals surface area contributed by atoms with E-state index in [0.29, 0.717) is 0 Å². The van der Waals surface area contributed by atoms with Crippen molar-refractivity contribution in [1.82, 2.24) is 0 Å². The molecule has 6 aliphatic rings. The monoisotopic (exact) mass is 1640 g/mol. The summed E-state index contributed by atoms with van der Waals surface area (Å²) in [4.78, 5) is 111. The molecular formula is C38H80B7O42P9Se. The van der Waals surface area contributed by atoms with Crippen molar-refractivity contribution in [3.63, 3.8) is 0 Å². The average molecular weight is 1640 g/mol. The first-order valence-corrected chi connectivity index (χ1v) is 43.7. The van der Waals surface area contributed by atoms with Crippen LogP contribution in [0.5, 0.6) is 0 Å². The maximum absolute atomic E-state index is 11.6.